The number of imide groups is 1. The molecule has 3 amide bonds. The van der Waals surface area contributed by atoms with Gasteiger partial charge < -0.3 is 65.0 Å². The van der Waals surface area contributed by atoms with Crippen LogP contribution in [0.15, 0.2) is 94.8 Å². The Morgan fingerprint density at radius 2 is 1.02 bits per heavy atom. The van der Waals surface area contributed by atoms with Gasteiger partial charge in [-0.05, 0) is 171 Å². The second kappa shape index (κ2) is 25.7. The second-order valence-electron chi connectivity index (χ2n) is 22.8. The predicted octanol–water partition coefficient (Wildman–Crippen LogP) is 7.30. The molecule has 0 unspecified atom stereocenters. The quantitative estimate of drug-likeness (QED) is 0.0310. The van der Waals surface area contributed by atoms with Gasteiger partial charge in [0, 0.05) is 50.7 Å². The lowest BCUT2D eigenvalue weighted by atomic mass is 10.1. The van der Waals surface area contributed by atoms with E-state index in [1.165, 1.54) is 36.8 Å². The van der Waals surface area contributed by atoms with Crippen molar-refractivity contribution >= 4 is 51.2 Å². The Hall–Kier alpha value is -8.63. The number of aliphatic hydroxyl groups excluding tert-OH is 2. The molecule has 4 aromatic carbocycles. The predicted molar refractivity (Wildman–Crippen MR) is 327 cm³/mol. The van der Waals surface area contributed by atoms with E-state index in [0.29, 0.717) is 74.8 Å². The molecule has 12 rings (SSSR count). The maximum Gasteiger partial charge on any atom is 0.261 e. The molecule has 2 atom stereocenters. The van der Waals surface area contributed by atoms with Gasteiger partial charge >= 0.3 is 0 Å². The van der Waals surface area contributed by atoms with E-state index >= 15 is 0 Å². The van der Waals surface area contributed by atoms with Crippen LogP contribution in [0, 0.1) is 27.7 Å². The van der Waals surface area contributed by atoms with E-state index in [2.05, 4.69) is 45.4 Å². The number of nitrogens with zero attached hydrogens (tertiary/aromatic N) is 6. The van der Waals surface area contributed by atoms with Crippen molar-refractivity contribution < 1.29 is 34.1 Å². The molecule has 4 aliphatic rings. The van der Waals surface area contributed by atoms with Crippen LogP contribution in [-0.2, 0) is 6.54 Å². The Balaban J connectivity index is 0.000000177. The zero-order valence-electron chi connectivity index (χ0n) is 48.6. The number of aliphatic hydroxyl groups is 2. The molecule has 0 bridgehead atoms. The van der Waals surface area contributed by atoms with Gasteiger partial charge in [-0.3, -0.25) is 28.9 Å². The number of likely N-dealkylation sites (tertiary alicyclic amines) is 2. The first-order valence-electron chi connectivity index (χ1n) is 29.5. The van der Waals surface area contributed by atoms with Crippen molar-refractivity contribution in [3.05, 3.63) is 150 Å². The summed E-state index contributed by atoms with van der Waals surface area (Å²) in [6.07, 6.45) is 8.07. The molecule has 444 valence electrons. The topological polar surface area (TPSA) is 270 Å². The Morgan fingerprint density at radius 3 is 1.53 bits per heavy atom. The van der Waals surface area contributed by atoms with Gasteiger partial charge in [0.1, 0.15) is 59.7 Å². The first-order chi connectivity index (χ1) is 41.1. The molecular formula is C64H74N12O9. The Labute approximate surface area is 491 Å². The SMILES string of the molecule is Cc1ccc(OC[C@H](O)CNc2cc[nH]c(=O)c2-c2nc3cc4c(cc3[nH]2)C(=O)N(CCCN2CCCC2)C4=O)c(C)c1.Cc1ccc(OC[C@H](O)CNc2cc[nH]c(=O)c2-c2nc3cc4c(cc3[nH]2)CN(CCCN2CCCC2)C4=O)c(C)c1. The molecule has 8 N–H and O–H groups in total. The highest BCUT2D eigenvalue weighted by molar-refractivity contribution is 6.23. The average molecular weight is 1160 g/mol. The average Bonchev–Trinajstić information content (AvgIpc) is 1.98. The smallest absolute Gasteiger partial charge is 0.261 e. The maximum atomic E-state index is 13.2. The molecule has 0 saturated carbocycles. The van der Waals surface area contributed by atoms with Crippen LogP contribution in [0.5, 0.6) is 11.5 Å². The van der Waals surface area contributed by atoms with E-state index in [9.17, 15) is 34.2 Å². The van der Waals surface area contributed by atoms with Crippen LogP contribution < -0.4 is 31.2 Å². The van der Waals surface area contributed by atoms with Gasteiger partial charge in [0.25, 0.3) is 28.8 Å². The number of carbonyl (C=O) groups excluding carboxylic acids is 3. The lowest BCUT2D eigenvalue weighted by molar-refractivity contribution is 0.0647. The van der Waals surface area contributed by atoms with Gasteiger partial charge in [0.05, 0.1) is 44.6 Å². The van der Waals surface area contributed by atoms with Crippen LogP contribution >= 0.6 is 0 Å². The third-order valence-electron chi connectivity index (χ3n) is 16.3. The van der Waals surface area contributed by atoms with Crippen LogP contribution in [-0.4, -0.2) is 168 Å². The molecule has 0 radical (unpaired) electrons. The van der Waals surface area contributed by atoms with Crippen molar-refractivity contribution in [2.45, 2.75) is 85.0 Å². The number of hydrogen-bond donors (Lipinski definition) is 8. The molecule has 2 fully saturated rings. The first kappa shape index (κ1) is 58.2. The highest BCUT2D eigenvalue weighted by atomic mass is 16.5. The normalized spacial score (nSPS) is 15.9. The molecule has 21 heteroatoms. The number of pyridine rings is 2. The molecule has 8 aromatic rings. The number of rotatable bonds is 22. The number of anilines is 2. The van der Waals surface area contributed by atoms with Gasteiger partial charge in [-0.25, -0.2) is 9.97 Å². The van der Waals surface area contributed by atoms with E-state index in [4.69, 9.17) is 14.5 Å². The second-order valence-corrected chi connectivity index (χ2v) is 22.8. The third kappa shape index (κ3) is 13.2. The maximum absolute atomic E-state index is 13.2. The van der Waals surface area contributed by atoms with E-state index in [1.54, 1.807) is 30.5 Å². The fourth-order valence-electron chi connectivity index (χ4n) is 11.8. The Morgan fingerprint density at radius 1 is 0.553 bits per heavy atom. The zero-order chi connectivity index (χ0) is 59.3. The number of H-pyrrole nitrogens is 4. The number of aromatic amines is 4. The summed E-state index contributed by atoms with van der Waals surface area (Å²) in [5.74, 6) is 1.53. The summed E-state index contributed by atoms with van der Waals surface area (Å²) in [5, 5.41) is 27.5. The fourth-order valence-corrected chi connectivity index (χ4v) is 11.8. The molecule has 21 nitrogen and oxygen atoms in total. The summed E-state index contributed by atoms with van der Waals surface area (Å²) in [4.78, 5) is 94.5. The number of carbonyl (C=O) groups is 3. The van der Waals surface area contributed by atoms with Crippen LogP contribution in [0.1, 0.15) is 97.4 Å². The lowest BCUT2D eigenvalue weighted by Crippen LogP contribution is -2.33. The molecule has 2 saturated heterocycles. The van der Waals surface area contributed by atoms with Crippen molar-refractivity contribution in [2.24, 2.45) is 0 Å². The highest BCUT2D eigenvalue weighted by Gasteiger charge is 2.36. The number of benzene rings is 4. The number of aromatic nitrogens is 6. The summed E-state index contributed by atoms with van der Waals surface area (Å²) in [5.41, 5.74) is 9.91. The monoisotopic (exact) mass is 1150 g/mol. The molecule has 0 spiro atoms. The first-order valence-corrected chi connectivity index (χ1v) is 29.5. The van der Waals surface area contributed by atoms with Gasteiger partial charge in [-0.1, -0.05) is 35.4 Å². The summed E-state index contributed by atoms with van der Waals surface area (Å²) in [6.45, 7) is 16.5. The van der Waals surface area contributed by atoms with Crippen molar-refractivity contribution in [2.75, 3.05) is 89.3 Å². The molecule has 4 aromatic heterocycles. The highest BCUT2D eigenvalue weighted by Crippen LogP contribution is 2.33. The van der Waals surface area contributed by atoms with Crippen molar-refractivity contribution in [3.8, 4) is 34.3 Å². The molecule has 4 aliphatic heterocycles. The number of aryl methyl sites for hydroxylation is 4. The van der Waals surface area contributed by atoms with Gasteiger partial charge in [-0.15, -0.1) is 0 Å². The van der Waals surface area contributed by atoms with Crippen molar-refractivity contribution in [1.29, 1.82) is 0 Å². The van der Waals surface area contributed by atoms with Crippen molar-refractivity contribution in [3.63, 3.8) is 0 Å². The van der Waals surface area contributed by atoms with E-state index in [-0.39, 0.29) is 66.5 Å². The van der Waals surface area contributed by atoms with Crippen LogP contribution in [0.4, 0.5) is 11.4 Å². The third-order valence-corrected chi connectivity index (χ3v) is 16.3. The number of ether oxygens (including phenoxy) is 2. The van der Waals surface area contributed by atoms with Gasteiger partial charge in [0.15, 0.2) is 0 Å². The van der Waals surface area contributed by atoms with Crippen LogP contribution in [0.3, 0.4) is 0 Å². The minimum Gasteiger partial charge on any atom is -0.491 e. The number of amides is 3. The minimum absolute atomic E-state index is 0.0369. The number of nitrogens with one attached hydrogen (secondary N) is 6. The molecule has 8 heterocycles. The molecule has 0 aliphatic carbocycles. The van der Waals surface area contributed by atoms with E-state index in [0.717, 1.165) is 97.7 Å². The van der Waals surface area contributed by atoms with Crippen LogP contribution in [0.25, 0.3) is 44.8 Å². The number of fused-ring (bicyclic) bond motifs is 4. The standard InChI is InChI=1S/C32H36N6O5.C32H38N6O4/c1-19-6-7-27(20(2)14-19)43-18-21(39)17-34-24-8-9-33-30(40)28(24)29-35-25-15-22-23(16-26(25)36-29)32(42)38(31(22)41)13-5-12-37-10-3-4-11-37;1-20-6-7-28(21(2)14-20)42-19-23(39)17-34-25-8-9-33-31(40)29(25)30-35-26-15-22-18-38(13-5-12-37-10-3-4-11-37)32(41)24(22)16-27(26)36-30/h6-9,14-16,21,39H,3-5,10-13,17-18H2,1-2H3,(H,35,36)(H2,33,34,40);6-9,14-16,23,39H,3-5,10-13,17-19H2,1-2H3,(H,35,36)(H2,33,34,40)/t21-;23-/m11/s1. The zero-order valence-corrected chi connectivity index (χ0v) is 48.6. The van der Waals surface area contributed by atoms with Gasteiger partial charge in [-0.2, -0.15) is 0 Å². The Kier molecular flexibility index (Phi) is 17.6. The largest absolute Gasteiger partial charge is 0.491 e. The number of hydrogen-bond acceptors (Lipinski definition) is 15. The summed E-state index contributed by atoms with van der Waals surface area (Å²) >= 11 is 0. The van der Waals surface area contributed by atoms with E-state index < -0.39 is 12.2 Å². The van der Waals surface area contributed by atoms with Gasteiger partial charge in [0.2, 0.25) is 0 Å². The van der Waals surface area contributed by atoms with Crippen molar-refractivity contribution in [1.82, 2.24) is 49.5 Å². The lowest BCUT2D eigenvalue weighted by Gasteiger charge is -2.19. The minimum atomic E-state index is -0.846. The number of imidazole rings is 2. The summed E-state index contributed by atoms with van der Waals surface area (Å²) in [7, 11) is 0. The molecular weight excluding hydrogens is 1080 g/mol. The fraction of sp³-hybridized carbons (Fsp3) is 0.391. The summed E-state index contributed by atoms with van der Waals surface area (Å²) in [6, 6.07) is 22.2. The molecule has 85 heavy (non-hydrogen) atoms. The summed E-state index contributed by atoms with van der Waals surface area (Å²) < 4.78 is 11.6. The van der Waals surface area contributed by atoms with E-state index in [1.807, 2.05) is 81.1 Å². The Bertz CT molecular complexity index is 3840. The van der Waals surface area contributed by atoms with Crippen LogP contribution in [0.2, 0.25) is 0 Å².